The normalized spacial score (nSPS) is 13.7. The minimum absolute atomic E-state index is 0.149. The molecule has 15 heavy (non-hydrogen) atoms. The fraction of sp³-hybridized carbons (Fsp3) is 0.462. The highest BCUT2D eigenvalue weighted by Crippen LogP contribution is 2.25. The van der Waals surface area contributed by atoms with Crippen LogP contribution in [-0.4, -0.2) is 12.4 Å². The van der Waals surface area contributed by atoms with Crippen LogP contribution in [0.4, 0.5) is 0 Å². The van der Waals surface area contributed by atoms with Gasteiger partial charge in [0.15, 0.2) is 5.78 Å². The molecule has 0 fully saturated rings. The Kier molecular flexibility index (Phi) is 3.05. The van der Waals surface area contributed by atoms with Crippen LogP contribution in [0, 0.1) is 0 Å². The average Bonchev–Trinajstić information content (AvgIpc) is 2.72. The summed E-state index contributed by atoms with van der Waals surface area (Å²) in [6, 6.07) is 6.16. The predicted molar refractivity (Wildman–Crippen MR) is 59.3 cm³/mol. The molecule has 0 heterocycles. The topological polar surface area (TPSA) is 26.3 Å². The van der Waals surface area contributed by atoms with Crippen molar-refractivity contribution in [2.45, 2.75) is 32.6 Å². The van der Waals surface area contributed by atoms with E-state index < -0.39 is 0 Å². The monoisotopic (exact) mass is 204 g/mol. The van der Waals surface area contributed by atoms with Crippen molar-refractivity contribution in [3.8, 4) is 5.75 Å². The van der Waals surface area contributed by atoms with Crippen LogP contribution in [0.1, 0.15) is 30.9 Å². The standard InChI is InChI=1S/C13H16O2/c1-2-12(14)9-15-13-7-6-10-4-3-5-11(10)8-13/h6-8H,2-5,9H2,1H3. The third kappa shape index (κ3) is 2.38. The molecule has 2 nitrogen and oxygen atoms in total. The summed E-state index contributed by atoms with van der Waals surface area (Å²) in [5, 5.41) is 0. The van der Waals surface area contributed by atoms with Crippen molar-refractivity contribution >= 4 is 5.78 Å². The van der Waals surface area contributed by atoms with Gasteiger partial charge in [0, 0.05) is 6.42 Å². The molecule has 2 heteroatoms. The quantitative estimate of drug-likeness (QED) is 0.753. The predicted octanol–water partition coefficient (Wildman–Crippen LogP) is 2.53. The zero-order valence-electron chi connectivity index (χ0n) is 9.08. The van der Waals surface area contributed by atoms with Crippen LogP contribution >= 0.6 is 0 Å². The van der Waals surface area contributed by atoms with Crippen LogP contribution in [0.5, 0.6) is 5.75 Å². The molecule has 1 aliphatic carbocycles. The van der Waals surface area contributed by atoms with Crippen LogP contribution in [0.25, 0.3) is 0 Å². The zero-order chi connectivity index (χ0) is 10.7. The number of rotatable bonds is 4. The summed E-state index contributed by atoms with van der Waals surface area (Å²) in [4.78, 5) is 11.1. The summed E-state index contributed by atoms with van der Waals surface area (Å²) in [7, 11) is 0. The Morgan fingerprint density at radius 1 is 1.33 bits per heavy atom. The summed E-state index contributed by atoms with van der Waals surface area (Å²) in [6.07, 6.45) is 4.12. The molecule has 0 bridgehead atoms. The molecule has 0 radical (unpaired) electrons. The van der Waals surface area contributed by atoms with Gasteiger partial charge in [-0.05, 0) is 42.5 Å². The summed E-state index contributed by atoms with van der Waals surface area (Å²) >= 11 is 0. The molecule has 1 aliphatic rings. The molecular formula is C13H16O2. The highest BCUT2D eigenvalue weighted by molar-refractivity contribution is 5.79. The second-order valence-corrected chi connectivity index (χ2v) is 3.96. The Morgan fingerprint density at radius 3 is 2.93 bits per heavy atom. The van der Waals surface area contributed by atoms with E-state index >= 15 is 0 Å². The lowest BCUT2D eigenvalue weighted by Gasteiger charge is -2.06. The molecule has 0 saturated heterocycles. The van der Waals surface area contributed by atoms with Gasteiger partial charge in [0.1, 0.15) is 12.4 Å². The molecule has 0 aromatic heterocycles. The maximum absolute atomic E-state index is 11.1. The van der Waals surface area contributed by atoms with Gasteiger partial charge >= 0.3 is 0 Å². The van der Waals surface area contributed by atoms with E-state index in [2.05, 4.69) is 12.1 Å². The Hall–Kier alpha value is -1.31. The minimum atomic E-state index is 0.149. The van der Waals surface area contributed by atoms with Gasteiger partial charge in [-0.15, -0.1) is 0 Å². The van der Waals surface area contributed by atoms with Crippen molar-refractivity contribution < 1.29 is 9.53 Å². The van der Waals surface area contributed by atoms with Crippen LogP contribution in [0.3, 0.4) is 0 Å². The first-order chi connectivity index (χ1) is 7.29. The highest BCUT2D eigenvalue weighted by atomic mass is 16.5. The van der Waals surface area contributed by atoms with Crippen molar-refractivity contribution in [2.75, 3.05) is 6.61 Å². The molecular weight excluding hydrogens is 188 g/mol. The van der Waals surface area contributed by atoms with Crippen LogP contribution in [0.15, 0.2) is 18.2 Å². The maximum atomic E-state index is 11.1. The maximum Gasteiger partial charge on any atom is 0.169 e. The fourth-order valence-electron chi connectivity index (χ4n) is 1.90. The van der Waals surface area contributed by atoms with E-state index in [0.29, 0.717) is 6.42 Å². The lowest BCUT2D eigenvalue weighted by Crippen LogP contribution is -2.09. The van der Waals surface area contributed by atoms with Crippen molar-refractivity contribution in [3.63, 3.8) is 0 Å². The van der Waals surface area contributed by atoms with Gasteiger partial charge < -0.3 is 4.74 Å². The molecule has 2 rings (SSSR count). The van der Waals surface area contributed by atoms with Crippen LogP contribution in [-0.2, 0) is 17.6 Å². The van der Waals surface area contributed by atoms with E-state index in [1.54, 1.807) is 0 Å². The lowest BCUT2D eigenvalue weighted by molar-refractivity contribution is -0.120. The summed E-state index contributed by atoms with van der Waals surface area (Å²) in [6.45, 7) is 2.06. The Bertz CT molecular complexity index is 369. The first-order valence-corrected chi connectivity index (χ1v) is 5.56. The van der Waals surface area contributed by atoms with E-state index in [-0.39, 0.29) is 12.4 Å². The first-order valence-electron chi connectivity index (χ1n) is 5.56. The number of ketones is 1. The van der Waals surface area contributed by atoms with Crippen molar-refractivity contribution in [2.24, 2.45) is 0 Å². The first kappa shape index (κ1) is 10.2. The largest absolute Gasteiger partial charge is 0.486 e. The van der Waals surface area contributed by atoms with Gasteiger partial charge in [0.2, 0.25) is 0 Å². The van der Waals surface area contributed by atoms with Gasteiger partial charge in [-0.3, -0.25) is 4.79 Å². The van der Waals surface area contributed by atoms with Crippen LogP contribution in [0.2, 0.25) is 0 Å². The van der Waals surface area contributed by atoms with Gasteiger partial charge in [0.25, 0.3) is 0 Å². The number of ether oxygens (including phenoxy) is 1. The Morgan fingerprint density at radius 2 is 2.13 bits per heavy atom. The summed E-state index contributed by atoms with van der Waals surface area (Å²) < 4.78 is 5.43. The Labute approximate surface area is 90.3 Å². The molecule has 0 saturated carbocycles. The smallest absolute Gasteiger partial charge is 0.169 e. The van der Waals surface area contributed by atoms with Crippen molar-refractivity contribution in [1.29, 1.82) is 0 Å². The van der Waals surface area contributed by atoms with Gasteiger partial charge in [0.05, 0.1) is 0 Å². The van der Waals surface area contributed by atoms with E-state index in [1.165, 1.54) is 24.0 Å². The number of hydrogen-bond acceptors (Lipinski definition) is 2. The molecule has 1 aromatic rings. The number of carbonyl (C=O) groups excluding carboxylic acids is 1. The number of fused-ring (bicyclic) bond motifs is 1. The van der Waals surface area contributed by atoms with E-state index in [1.807, 2.05) is 13.0 Å². The molecule has 0 atom stereocenters. The van der Waals surface area contributed by atoms with Crippen LogP contribution < -0.4 is 4.74 Å². The molecule has 1 aromatic carbocycles. The molecule has 0 spiro atoms. The van der Waals surface area contributed by atoms with Gasteiger partial charge in [-0.25, -0.2) is 0 Å². The fourth-order valence-corrected chi connectivity index (χ4v) is 1.90. The zero-order valence-corrected chi connectivity index (χ0v) is 9.08. The molecule has 0 aliphatic heterocycles. The minimum Gasteiger partial charge on any atom is -0.486 e. The molecule has 0 amide bonds. The van der Waals surface area contributed by atoms with Gasteiger partial charge in [-0.1, -0.05) is 13.0 Å². The number of carbonyl (C=O) groups is 1. The van der Waals surface area contributed by atoms with E-state index in [4.69, 9.17) is 4.74 Å². The van der Waals surface area contributed by atoms with Crippen molar-refractivity contribution in [1.82, 2.24) is 0 Å². The number of aryl methyl sites for hydroxylation is 2. The Balaban J connectivity index is 2.01. The van der Waals surface area contributed by atoms with Crippen molar-refractivity contribution in [3.05, 3.63) is 29.3 Å². The number of Topliss-reactive ketones (excluding diaryl/α,β-unsaturated/α-hetero) is 1. The average molecular weight is 204 g/mol. The summed E-state index contributed by atoms with van der Waals surface area (Å²) in [5.74, 6) is 0.980. The molecule has 0 unspecified atom stereocenters. The third-order valence-electron chi connectivity index (χ3n) is 2.86. The second kappa shape index (κ2) is 4.47. The SMILES string of the molecule is CCC(=O)COc1ccc2c(c1)CCC2. The van der Waals surface area contributed by atoms with E-state index in [0.717, 1.165) is 12.2 Å². The highest BCUT2D eigenvalue weighted by Gasteiger charge is 2.11. The third-order valence-corrected chi connectivity index (χ3v) is 2.86. The lowest BCUT2D eigenvalue weighted by atomic mass is 10.1. The number of hydrogen-bond donors (Lipinski definition) is 0. The van der Waals surface area contributed by atoms with E-state index in [9.17, 15) is 4.79 Å². The molecule has 80 valence electrons. The molecule has 0 N–H and O–H groups in total. The second-order valence-electron chi connectivity index (χ2n) is 3.96. The van der Waals surface area contributed by atoms with Gasteiger partial charge in [-0.2, -0.15) is 0 Å². The summed E-state index contributed by atoms with van der Waals surface area (Å²) in [5.41, 5.74) is 2.82. The number of benzene rings is 1.